The maximum atomic E-state index is 12.6. The number of nitrogens with one attached hydrogen (secondary N) is 1. The first-order valence-electron chi connectivity index (χ1n) is 8.96. The number of anilines is 1. The lowest BCUT2D eigenvalue weighted by molar-refractivity contribution is -0.106. The van der Waals surface area contributed by atoms with Gasteiger partial charge in [0, 0.05) is 23.9 Å². The van der Waals surface area contributed by atoms with Gasteiger partial charge >= 0.3 is 0 Å². The molecular weight excluding hydrogens is 330 g/mol. The number of nitrogens with zero attached hydrogens (tertiary/aromatic N) is 4. The number of aromatic amines is 1. The van der Waals surface area contributed by atoms with Crippen LogP contribution < -0.4 is 10.5 Å². The van der Waals surface area contributed by atoms with Crippen LogP contribution in [0.3, 0.4) is 0 Å². The zero-order valence-corrected chi connectivity index (χ0v) is 14.8. The van der Waals surface area contributed by atoms with Gasteiger partial charge in [0.15, 0.2) is 5.65 Å². The summed E-state index contributed by atoms with van der Waals surface area (Å²) in [5.41, 5.74) is 1.02. The predicted molar refractivity (Wildman–Crippen MR) is 98.5 cm³/mol. The largest absolute Gasteiger partial charge is 0.392 e. The van der Waals surface area contributed by atoms with Gasteiger partial charge < -0.3 is 10.0 Å². The highest BCUT2D eigenvalue weighted by atomic mass is 16.3. The molecule has 1 saturated heterocycles. The maximum absolute atomic E-state index is 12.6. The number of hydrogen-bond donors (Lipinski definition) is 2. The number of hydrogen-bond acceptors (Lipinski definition) is 5. The molecule has 2 aliphatic rings. The van der Waals surface area contributed by atoms with Gasteiger partial charge in [0.05, 0.1) is 18.0 Å². The molecule has 1 saturated carbocycles. The van der Waals surface area contributed by atoms with Crippen LogP contribution in [0.25, 0.3) is 16.7 Å². The molecule has 7 heteroatoms. The zero-order chi connectivity index (χ0) is 18.1. The van der Waals surface area contributed by atoms with Crippen molar-refractivity contribution in [1.82, 2.24) is 19.7 Å². The third-order valence-corrected chi connectivity index (χ3v) is 6.07. The van der Waals surface area contributed by atoms with Crippen molar-refractivity contribution in [1.29, 1.82) is 0 Å². The van der Waals surface area contributed by atoms with Crippen molar-refractivity contribution in [3.05, 3.63) is 46.9 Å². The van der Waals surface area contributed by atoms with Gasteiger partial charge in [-0.05, 0) is 18.6 Å². The van der Waals surface area contributed by atoms with Gasteiger partial charge in [0.25, 0.3) is 5.56 Å². The number of benzene rings is 1. The number of rotatable bonds is 2. The number of para-hydroxylation sites is 1. The highest BCUT2D eigenvalue weighted by Gasteiger charge is 2.61. The van der Waals surface area contributed by atoms with Crippen molar-refractivity contribution in [3.63, 3.8) is 0 Å². The van der Waals surface area contributed by atoms with Crippen LogP contribution in [-0.2, 0) is 0 Å². The highest BCUT2D eigenvalue weighted by Crippen LogP contribution is 2.53. The van der Waals surface area contributed by atoms with Crippen molar-refractivity contribution in [2.24, 2.45) is 11.3 Å². The summed E-state index contributed by atoms with van der Waals surface area (Å²) in [6, 6.07) is 9.86. The summed E-state index contributed by atoms with van der Waals surface area (Å²) >= 11 is 0. The van der Waals surface area contributed by atoms with Gasteiger partial charge in [0.2, 0.25) is 5.95 Å². The Balaban J connectivity index is 1.63. The Labute approximate surface area is 150 Å². The molecule has 0 spiro atoms. The first-order chi connectivity index (χ1) is 12.5. The van der Waals surface area contributed by atoms with Crippen LogP contribution in [0.2, 0.25) is 0 Å². The van der Waals surface area contributed by atoms with Crippen molar-refractivity contribution in [2.45, 2.75) is 32.4 Å². The third kappa shape index (κ3) is 1.94. The molecule has 0 radical (unpaired) electrons. The summed E-state index contributed by atoms with van der Waals surface area (Å²) in [4.78, 5) is 22.4. The molecule has 3 aromatic rings. The van der Waals surface area contributed by atoms with E-state index in [1.54, 1.807) is 10.9 Å². The minimum absolute atomic E-state index is 0.186. The molecule has 1 aliphatic heterocycles. The van der Waals surface area contributed by atoms with Gasteiger partial charge in [-0.3, -0.25) is 9.78 Å². The van der Waals surface area contributed by atoms with E-state index in [4.69, 9.17) is 4.98 Å². The fourth-order valence-corrected chi connectivity index (χ4v) is 4.75. The number of fused-ring (bicyclic) bond motifs is 2. The highest BCUT2D eigenvalue weighted by molar-refractivity contribution is 5.76. The zero-order valence-electron chi connectivity index (χ0n) is 14.8. The first-order valence-corrected chi connectivity index (χ1v) is 8.96. The second-order valence-electron chi connectivity index (χ2n) is 7.88. The van der Waals surface area contributed by atoms with Crippen LogP contribution in [0.1, 0.15) is 20.3 Å². The number of aromatic nitrogens is 4. The van der Waals surface area contributed by atoms with Gasteiger partial charge in [-0.15, -0.1) is 0 Å². The van der Waals surface area contributed by atoms with Crippen LogP contribution in [0.15, 0.2) is 41.3 Å². The molecule has 3 atom stereocenters. The molecule has 0 bridgehead atoms. The SMILES string of the molecule is CC1(C)C(O)[C@@H]2CCN(c3nc4c(cnn4-c4ccccc4)c(=O)[nH]3)[C@@H]21. The molecule has 2 fully saturated rings. The Morgan fingerprint density at radius 1 is 1.27 bits per heavy atom. The van der Waals surface area contributed by atoms with E-state index in [1.807, 2.05) is 30.3 Å². The Morgan fingerprint density at radius 3 is 2.81 bits per heavy atom. The van der Waals surface area contributed by atoms with Gasteiger partial charge in [-0.25, -0.2) is 4.68 Å². The summed E-state index contributed by atoms with van der Waals surface area (Å²) < 4.78 is 1.70. The lowest BCUT2D eigenvalue weighted by Gasteiger charge is -2.55. The smallest absolute Gasteiger partial charge is 0.263 e. The molecular formula is C19H21N5O2. The second kappa shape index (κ2) is 5.17. The van der Waals surface area contributed by atoms with E-state index in [0.29, 0.717) is 17.0 Å². The molecule has 1 aromatic carbocycles. The molecule has 2 aromatic heterocycles. The molecule has 0 amide bonds. The van der Waals surface area contributed by atoms with Gasteiger partial charge in [-0.2, -0.15) is 10.1 Å². The Bertz CT molecular complexity index is 1040. The van der Waals surface area contributed by atoms with Gasteiger partial charge in [0.1, 0.15) is 5.39 Å². The second-order valence-corrected chi connectivity index (χ2v) is 7.88. The van der Waals surface area contributed by atoms with Crippen molar-refractivity contribution in [2.75, 3.05) is 11.4 Å². The van der Waals surface area contributed by atoms with E-state index in [9.17, 15) is 9.90 Å². The van der Waals surface area contributed by atoms with Crippen molar-refractivity contribution in [3.8, 4) is 5.69 Å². The van der Waals surface area contributed by atoms with Crippen LogP contribution in [0.4, 0.5) is 5.95 Å². The summed E-state index contributed by atoms with van der Waals surface area (Å²) in [5.74, 6) is 0.803. The Hall–Kier alpha value is -2.67. The van der Waals surface area contributed by atoms with Crippen LogP contribution in [0.5, 0.6) is 0 Å². The normalized spacial score (nSPS) is 26.7. The first kappa shape index (κ1) is 15.6. The Morgan fingerprint density at radius 2 is 2.04 bits per heavy atom. The van der Waals surface area contributed by atoms with E-state index in [0.717, 1.165) is 18.7 Å². The minimum atomic E-state index is -0.303. The van der Waals surface area contributed by atoms with Gasteiger partial charge in [-0.1, -0.05) is 32.0 Å². The monoisotopic (exact) mass is 351 g/mol. The minimum Gasteiger partial charge on any atom is -0.392 e. The van der Waals surface area contributed by atoms with E-state index in [-0.39, 0.29) is 29.0 Å². The number of H-pyrrole nitrogens is 1. The Kier molecular flexibility index (Phi) is 3.10. The number of aliphatic hydroxyl groups is 1. The molecule has 2 N–H and O–H groups in total. The van der Waals surface area contributed by atoms with Crippen LogP contribution >= 0.6 is 0 Å². The topological polar surface area (TPSA) is 87.0 Å². The van der Waals surface area contributed by atoms with E-state index in [2.05, 4.69) is 28.8 Å². The average Bonchev–Trinajstić information content (AvgIpc) is 3.25. The fraction of sp³-hybridized carbons (Fsp3) is 0.421. The summed E-state index contributed by atoms with van der Waals surface area (Å²) in [6.07, 6.45) is 2.17. The number of aliphatic hydroxyl groups excluding tert-OH is 1. The predicted octanol–water partition coefficient (Wildman–Crippen LogP) is 1.70. The molecule has 26 heavy (non-hydrogen) atoms. The lowest BCUT2D eigenvalue weighted by atomic mass is 9.58. The molecule has 1 aliphatic carbocycles. The van der Waals surface area contributed by atoms with E-state index in [1.165, 1.54) is 0 Å². The summed E-state index contributed by atoms with van der Waals surface area (Å²) in [7, 11) is 0. The summed E-state index contributed by atoms with van der Waals surface area (Å²) in [6.45, 7) is 4.92. The summed E-state index contributed by atoms with van der Waals surface area (Å²) in [5, 5.41) is 15.2. The third-order valence-electron chi connectivity index (χ3n) is 6.07. The quantitative estimate of drug-likeness (QED) is 0.734. The standard InChI is InChI=1S/C19H21N5O2/c1-19(2)14-12(15(19)25)8-9-23(14)18-21-16-13(17(26)22-18)10-20-24(16)11-6-4-3-5-7-11/h3-7,10,12,14-15,25H,8-9H2,1-2H3,(H,21,22,26)/t12-,14+,15?/m1/s1. The van der Waals surface area contributed by atoms with Crippen molar-refractivity contribution < 1.29 is 5.11 Å². The maximum Gasteiger partial charge on any atom is 0.263 e. The molecule has 3 heterocycles. The fourth-order valence-electron chi connectivity index (χ4n) is 4.75. The van der Waals surface area contributed by atoms with Crippen molar-refractivity contribution >= 4 is 17.0 Å². The molecule has 5 rings (SSSR count). The molecule has 1 unspecified atom stereocenters. The molecule has 134 valence electrons. The van der Waals surface area contributed by atoms with Crippen LogP contribution in [-0.4, -0.2) is 43.5 Å². The lowest BCUT2D eigenvalue weighted by Crippen LogP contribution is -2.64. The molecule has 7 nitrogen and oxygen atoms in total. The van der Waals surface area contributed by atoms with E-state index < -0.39 is 0 Å². The van der Waals surface area contributed by atoms with E-state index >= 15 is 0 Å². The average molecular weight is 351 g/mol. The van der Waals surface area contributed by atoms with Crippen LogP contribution in [0, 0.1) is 11.3 Å².